The minimum Gasteiger partial charge on any atom is -0.462 e. The zero-order valence-corrected chi connectivity index (χ0v) is 10.7. The molecule has 0 aliphatic heterocycles. The number of aryl methyl sites for hydroxylation is 1. The SMILES string of the molecule is CCCc1cc(Cl)c(C(=O)OCC)c(C=O)c1. The van der Waals surface area contributed by atoms with Crippen LogP contribution in [0.5, 0.6) is 0 Å². The van der Waals surface area contributed by atoms with Gasteiger partial charge in [0.2, 0.25) is 0 Å². The van der Waals surface area contributed by atoms with Crippen LogP contribution in [0.15, 0.2) is 12.1 Å². The highest BCUT2D eigenvalue weighted by Gasteiger charge is 2.17. The smallest absolute Gasteiger partial charge is 0.340 e. The number of carbonyl (C=O) groups is 2. The van der Waals surface area contributed by atoms with E-state index in [1.807, 2.05) is 6.92 Å². The lowest BCUT2D eigenvalue weighted by Gasteiger charge is -2.09. The van der Waals surface area contributed by atoms with Gasteiger partial charge in [0.25, 0.3) is 0 Å². The summed E-state index contributed by atoms with van der Waals surface area (Å²) < 4.78 is 4.87. The van der Waals surface area contributed by atoms with Crippen LogP contribution in [0.1, 0.15) is 46.5 Å². The van der Waals surface area contributed by atoms with E-state index >= 15 is 0 Å². The van der Waals surface area contributed by atoms with Gasteiger partial charge in [-0.3, -0.25) is 4.79 Å². The summed E-state index contributed by atoms with van der Waals surface area (Å²) in [4.78, 5) is 22.6. The third kappa shape index (κ3) is 3.30. The maximum Gasteiger partial charge on any atom is 0.340 e. The lowest BCUT2D eigenvalue weighted by Crippen LogP contribution is -2.09. The van der Waals surface area contributed by atoms with Gasteiger partial charge in [-0.05, 0) is 31.0 Å². The summed E-state index contributed by atoms with van der Waals surface area (Å²) in [6.07, 6.45) is 2.41. The molecule has 0 aromatic heterocycles. The van der Waals surface area contributed by atoms with E-state index in [1.54, 1.807) is 19.1 Å². The molecule has 0 amide bonds. The van der Waals surface area contributed by atoms with Crippen LogP contribution in [0.2, 0.25) is 5.02 Å². The molecule has 1 aromatic carbocycles. The van der Waals surface area contributed by atoms with E-state index in [4.69, 9.17) is 16.3 Å². The van der Waals surface area contributed by atoms with Gasteiger partial charge in [0, 0.05) is 5.56 Å². The van der Waals surface area contributed by atoms with E-state index in [-0.39, 0.29) is 17.2 Å². The summed E-state index contributed by atoms with van der Waals surface area (Å²) in [6.45, 7) is 4.00. The van der Waals surface area contributed by atoms with Crippen LogP contribution in [0.4, 0.5) is 0 Å². The van der Waals surface area contributed by atoms with Crippen LogP contribution in [0, 0.1) is 0 Å². The van der Waals surface area contributed by atoms with E-state index in [0.717, 1.165) is 18.4 Å². The van der Waals surface area contributed by atoms with Gasteiger partial charge in [0.1, 0.15) is 0 Å². The normalized spacial score (nSPS) is 10.1. The third-order valence-corrected chi connectivity index (χ3v) is 2.62. The van der Waals surface area contributed by atoms with E-state index < -0.39 is 5.97 Å². The molecule has 0 unspecified atom stereocenters. The van der Waals surface area contributed by atoms with Crippen molar-refractivity contribution in [2.24, 2.45) is 0 Å². The lowest BCUT2D eigenvalue weighted by molar-refractivity contribution is 0.0524. The van der Waals surface area contributed by atoms with Crippen LogP contribution in [0.25, 0.3) is 0 Å². The van der Waals surface area contributed by atoms with Gasteiger partial charge in [-0.25, -0.2) is 4.79 Å². The molecule has 0 N–H and O–H groups in total. The zero-order valence-electron chi connectivity index (χ0n) is 9.96. The molecule has 1 rings (SSSR count). The Morgan fingerprint density at radius 3 is 2.65 bits per heavy atom. The van der Waals surface area contributed by atoms with Crippen LogP contribution < -0.4 is 0 Å². The van der Waals surface area contributed by atoms with Crippen LogP contribution in [-0.4, -0.2) is 18.9 Å². The summed E-state index contributed by atoms with van der Waals surface area (Å²) >= 11 is 6.02. The van der Waals surface area contributed by atoms with Crippen LogP contribution in [0.3, 0.4) is 0 Å². The second-order valence-corrected chi connectivity index (χ2v) is 4.04. The fraction of sp³-hybridized carbons (Fsp3) is 0.385. The number of hydrogen-bond acceptors (Lipinski definition) is 3. The molecule has 4 heteroatoms. The molecule has 3 nitrogen and oxygen atoms in total. The summed E-state index contributed by atoms with van der Waals surface area (Å²) in [5, 5.41) is 0.275. The molecule has 0 saturated carbocycles. The largest absolute Gasteiger partial charge is 0.462 e. The molecular formula is C13H15ClO3. The first-order valence-electron chi connectivity index (χ1n) is 5.58. The van der Waals surface area contributed by atoms with E-state index in [1.165, 1.54) is 0 Å². The van der Waals surface area contributed by atoms with Gasteiger partial charge < -0.3 is 4.74 Å². The second kappa shape index (κ2) is 6.40. The monoisotopic (exact) mass is 254 g/mol. The molecule has 0 fully saturated rings. The predicted octanol–water partition coefficient (Wildman–Crippen LogP) is 3.28. The van der Waals surface area contributed by atoms with Gasteiger partial charge in [-0.15, -0.1) is 0 Å². The van der Waals surface area contributed by atoms with Crippen LogP contribution >= 0.6 is 11.6 Å². The van der Waals surface area contributed by atoms with Gasteiger partial charge in [0.05, 0.1) is 17.2 Å². The molecule has 0 saturated heterocycles. The molecule has 0 spiro atoms. The molecule has 92 valence electrons. The van der Waals surface area contributed by atoms with Crippen molar-refractivity contribution in [1.82, 2.24) is 0 Å². The summed E-state index contributed by atoms with van der Waals surface area (Å²) in [6, 6.07) is 3.40. The predicted molar refractivity (Wildman–Crippen MR) is 66.8 cm³/mol. The minimum atomic E-state index is -0.553. The van der Waals surface area contributed by atoms with Crippen molar-refractivity contribution < 1.29 is 14.3 Å². The number of esters is 1. The quantitative estimate of drug-likeness (QED) is 0.598. The van der Waals surface area contributed by atoms with Gasteiger partial charge in [-0.2, -0.15) is 0 Å². The van der Waals surface area contributed by atoms with Gasteiger partial charge >= 0.3 is 5.97 Å². The third-order valence-electron chi connectivity index (χ3n) is 2.33. The van der Waals surface area contributed by atoms with Crippen molar-refractivity contribution in [2.45, 2.75) is 26.7 Å². The fourth-order valence-electron chi connectivity index (χ4n) is 1.63. The van der Waals surface area contributed by atoms with Crippen molar-refractivity contribution in [3.8, 4) is 0 Å². The molecule has 17 heavy (non-hydrogen) atoms. The Labute approximate surface area is 106 Å². The molecule has 1 aromatic rings. The average Bonchev–Trinajstić information content (AvgIpc) is 2.28. The van der Waals surface area contributed by atoms with Crippen molar-refractivity contribution in [3.63, 3.8) is 0 Å². The zero-order chi connectivity index (χ0) is 12.8. The molecular weight excluding hydrogens is 240 g/mol. The number of ether oxygens (including phenoxy) is 1. The Kier molecular flexibility index (Phi) is 5.16. The lowest BCUT2D eigenvalue weighted by atomic mass is 10.0. The molecule has 0 radical (unpaired) electrons. The Hall–Kier alpha value is -1.35. The number of benzene rings is 1. The Balaban J connectivity index is 3.20. The fourth-order valence-corrected chi connectivity index (χ4v) is 1.96. The highest BCUT2D eigenvalue weighted by molar-refractivity contribution is 6.34. The summed E-state index contributed by atoms with van der Waals surface area (Å²) in [7, 11) is 0. The van der Waals surface area contributed by atoms with Crippen molar-refractivity contribution in [1.29, 1.82) is 0 Å². The first-order valence-corrected chi connectivity index (χ1v) is 5.96. The number of hydrogen-bond donors (Lipinski definition) is 0. The summed E-state index contributed by atoms with van der Waals surface area (Å²) in [5.74, 6) is -0.553. The Morgan fingerprint density at radius 2 is 2.12 bits per heavy atom. The summed E-state index contributed by atoms with van der Waals surface area (Å²) in [5.41, 5.74) is 1.40. The number of rotatable bonds is 5. The second-order valence-electron chi connectivity index (χ2n) is 3.63. The molecule has 0 bridgehead atoms. The Morgan fingerprint density at radius 1 is 1.41 bits per heavy atom. The first-order chi connectivity index (χ1) is 8.13. The first kappa shape index (κ1) is 13.7. The molecule has 0 aliphatic rings. The number of halogens is 1. The highest BCUT2D eigenvalue weighted by atomic mass is 35.5. The van der Waals surface area contributed by atoms with Crippen molar-refractivity contribution >= 4 is 23.9 Å². The van der Waals surface area contributed by atoms with Crippen LogP contribution in [-0.2, 0) is 11.2 Å². The van der Waals surface area contributed by atoms with Crippen molar-refractivity contribution in [2.75, 3.05) is 6.61 Å². The Bertz CT molecular complexity index is 427. The highest BCUT2D eigenvalue weighted by Crippen LogP contribution is 2.23. The molecule has 0 atom stereocenters. The van der Waals surface area contributed by atoms with Gasteiger partial charge in [-0.1, -0.05) is 24.9 Å². The maximum absolute atomic E-state index is 11.6. The average molecular weight is 255 g/mol. The minimum absolute atomic E-state index is 0.156. The molecule has 0 aliphatic carbocycles. The molecule has 0 heterocycles. The maximum atomic E-state index is 11.6. The number of carbonyl (C=O) groups excluding carboxylic acids is 2. The van der Waals surface area contributed by atoms with Crippen molar-refractivity contribution in [3.05, 3.63) is 33.8 Å². The van der Waals surface area contributed by atoms with E-state index in [0.29, 0.717) is 11.8 Å². The van der Waals surface area contributed by atoms with Gasteiger partial charge in [0.15, 0.2) is 6.29 Å². The van der Waals surface area contributed by atoms with E-state index in [2.05, 4.69) is 0 Å². The number of aldehydes is 1. The topological polar surface area (TPSA) is 43.4 Å². The standard InChI is InChI=1S/C13H15ClO3/c1-3-5-9-6-10(8-15)12(11(14)7-9)13(16)17-4-2/h6-8H,3-5H2,1-2H3. The van der Waals surface area contributed by atoms with E-state index in [9.17, 15) is 9.59 Å².